The standard InChI is InChI=1S/C21H23N3O3S/c1-15-6-8-16(9-7-15)14-28-13-11-22-19(25)10-12-24-18-5-3-2-4-17(18)20(26)23-21(24)27/h2-9H,10-14H2,1H3,(H,22,25)(H,23,26,27). The van der Waals surface area contributed by atoms with E-state index in [2.05, 4.69) is 41.5 Å². The summed E-state index contributed by atoms with van der Waals surface area (Å²) < 4.78 is 1.43. The van der Waals surface area contributed by atoms with E-state index in [0.717, 1.165) is 11.5 Å². The number of aryl methyl sites for hydroxylation is 2. The van der Waals surface area contributed by atoms with E-state index in [-0.39, 0.29) is 18.9 Å². The minimum atomic E-state index is -0.495. The van der Waals surface area contributed by atoms with Gasteiger partial charge < -0.3 is 5.32 Å². The number of amides is 1. The monoisotopic (exact) mass is 397 g/mol. The Hall–Kier alpha value is -2.80. The Bertz CT molecular complexity index is 1070. The predicted molar refractivity (Wildman–Crippen MR) is 114 cm³/mol. The molecule has 0 aliphatic rings. The molecule has 3 aromatic rings. The maximum atomic E-state index is 12.1. The largest absolute Gasteiger partial charge is 0.355 e. The molecule has 7 heteroatoms. The summed E-state index contributed by atoms with van der Waals surface area (Å²) in [4.78, 5) is 38.4. The summed E-state index contributed by atoms with van der Waals surface area (Å²) in [6.45, 7) is 2.87. The average molecular weight is 398 g/mol. The number of aromatic amines is 1. The lowest BCUT2D eigenvalue weighted by Crippen LogP contribution is -2.33. The summed E-state index contributed by atoms with van der Waals surface area (Å²) in [5, 5.41) is 3.32. The van der Waals surface area contributed by atoms with Gasteiger partial charge in [-0.15, -0.1) is 0 Å². The van der Waals surface area contributed by atoms with Gasteiger partial charge in [0.1, 0.15) is 0 Å². The summed E-state index contributed by atoms with van der Waals surface area (Å²) in [6, 6.07) is 15.3. The van der Waals surface area contributed by atoms with Crippen LogP contribution in [0.1, 0.15) is 17.5 Å². The minimum Gasteiger partial charge on any atom is -0.355 e. The highest BCUT2D eigenvalue weighted by molar-refractivity contribution is 7.98. The van der Waals surface area contributed by atoms with Gasteiger partial charge in [0.15, 0.2) is 0 Å². The molecule has 0 spiro atoms. The number of hydrogen-bond donors (Lipinski definition) is 2. The van der Waals surface area contributed by atoms with E-state index in [1.165, 1.54) is 15.7 Å². The van der Waals surface area contributed by atoms with Crippen LogP contribution in [-0.4, -0.2) is 27.8 Å². The zero-order valence-corrected chi connectivity index (χ0v) is 16.6. The topological polar surface area (TPSA) is 84.0 Å². The minimum absolute atomic E-state index is 0.113. The van der Waals surface area contributed by atoms with Crippen molar-refractivity contribution in [3.05, 3.63) is 80.5 Å². The highest BCUT2D eigenvalue weighted by Gasteiger charge is 2.08. The molecule has 0 bridgehead atoms. The van der Waals surface area contributed by atoms with Crippen LogP contribution in [0.4, 0.5) is 0 Å². The summed E-state index contributed by atoms with van der Waals surface area (Å²) in [6.07, 6.45) is 0.179. The van der Waals surface area contributed by atoms with E-state index in [4.69, 9.17) is 0 Å². The van der Waals surface area contributed by atoms with E-state index in [0.29, 0.717) is 17.4 Å². The van der Waals surface area contributed by atoms with E-state index >= 15 is 0 Å². The van der Waals surface area contributed by atoms with Gasteiger partial charge in [-0.1, -0.05) is 42.0 Å². The van der Waals surface area contributed by atoms with Crippen molar-refractivity contribution in [3.63, 3.8) is 0 Å². The first-order valence-corrected chi connectivity index (χ1v) is 10.3. The number of nitrogens with one attached hydrogen (secondary N) is 2. The van der Waals surface area contributed by atoms with Crippen LogP contribution in [0.5, 0.6) is 0 Å². The molecule has 1 amide bonds. The van der Waals surface area contributed by atoms with Crippen LogP contribution in [0.25, 0.3) is 10.9 Å². The van der Waals surface area contributed by atoms with Gasteiger partial charge in [0, 0.05) is 31.0 Å². The molecule has 1 aromatic heterocycles. The third kappa shape index (κ3) is 5.13. The Morgan fingerprint density at radius 1 is 1.11 bits per heavy atom. The van der Waals surface area contributed by atoms with Gasteiger partial charge in [0.2, 0.25) is 5.91 Å². The second-order valence-corrected chi connectivity index (χ2v) is 7.67. The summed E-state index contributed by atoms with van der Waals surface area (Å²) in [5.41, 5.74) is 2.15. The highest BCUT2D eigenvalue weighted by Crippen LogP contribution is 2.12. The number of rotatable bonds is 8. The van der Waals surface area contributed by atoms with Crippen LogP contribution in [-0.2, 0) is 17.1 Å². The molecule has 146 valence electrons. The lowest BCUT2D eigenvalue weighted by Gasteiger charge is -2.10. The fourth-order valence-electron chi connectivity index (χ4n) is 2.90. The van der Waals surface area contributed by atoms with Crippen LogP contribution in [0.15, 0.2) is 58.1 Å². The lowest BCUT2D eigenvalue weighted by molar-refractivity contribution is -0.121. The summed E-state index contributed by atoms with van der Waals surface area (Å²) >= 11 is 1.76. The average Bonchev–Trinajstić information content (AvgIpc) is 2.69. The molecule has 0 saturated carbocycles. The van der Waals surface area contributed by atoms with Crippen molar-refractivity contribution in [3.8, 4) is 0 Å². The molecule has 0 aliphatic heterocycles. The molecular weight excluding hydrogens is 374 g/mol. The fourth-order valence-corrected chi connectivity index (χ4v) is 3.72. The van der Waals surface area contributed by atoms with Crippen LogP contribution < -0.4 is 16.6 Å². The first-order chi connectivity index (χ1) is 13.5. The molecule has 1 heterocycles. The maximum absolute atomic E-state index is 12.1. The van der Waals surface area contributed by atoms with Crippen molar-refractivity contribution >= 4 is 28.6 Å². The van der Waals surface area contributed by atoms with Crippen molar-refractivity contribution < 1.29 is 4.79 Å². The number of H-pyrrole nitrogens is 1. The van der Waals surface area contributed by atoms with Gasteiger partial charge in [0.05, 0.1) is 10.9 Å². The number of nitrogens with zero attached hydrogens (tertiary/aromatic N) is 1. The molecule has 2 N–H and O–H groups in total. The van der Waals surface area contributed by atoms with E-state index < -0.39 is 11.2 Å². The molecule has 0 fully saturated rings. The molecule has 0 radical (unpaired) electrons. The Morgan fingerprint density at radius 3 is 2.64 bits per heavy atom. The van der Waals surface area contributed by atoms with Gasteiger partial charge in [-0.25, -0.2) is 4.79 Å². The van der Waals surface area contributed by atoms with Crippen molar-refractivity contribution in [1.29, 1.82) is 0 Å². The smallest absolute Gasteiger partial charge is 0.328 e. The van der Waals surface area contributed by atoms with Crippen LogP contribution in [0, 0.1) is 6.92 Å². The Balaban J connectivity index is 1.46. The number of carbonyl (C=O) groups excluding carboxylic acids is 1. The third-order valence-electron chi connectivity index (χ3n) is 4.43. The summed E-state index contributed by atoms with van der Waals surface area (Å²) in [5.74, 6) is 1.62. The quantitative estimate of drug-likeness (QED) is 0.572. The second-order valence-electron chi connectivity index (χ2n) is 6.57. The van der Waals surface area contributed by atoms with Gasteiger partial charge >= 0.3 is 5.69 Å². The second kappa shape index (κ2) is 9.41. The zero-order valence-electron chi connectivity index (χ0n) is 15.7. The van der Waals surface area contributed by atoms with Gasteiger partial charge in [0.25, 0.3) is 5.56 Å². The number of hydrogen-bond acceptors (Lipinski definition) is 4. The van der Waals surface area contributed by atoms with Crippen molar-refractivity contribution in [1.82, 2.24) is 14.9 Å². The van der Waals surface area contributed by atoms with Crippen molar-refractivity contribution in [2.24, 2.45) is 0 Å². The Morgan fingerprint density at radius 2 is 1.86 bits per heavy atom. The molecule has 0 aliphatic carbocycles. The summed E-state index contributed by atoms with van der Waals surface area (Å²) in [7, 11) is 0. The van der Waals surface area contributed by atoms with E-state index in [1.54, 1.807) is 36.0 Å². The van der Waals surface area contributed by atoms with E-state index in [1.807, 2.05) is 0 Å². The molecule has 2 aromatic carbocycles. The number of benzene rings is 2. The van der Waals surface area contributed by atoms with Crippen LogP contribution in [0.3, 0.4) is 0 Å². The SMILES string of the molecule is Cc1ccc(CSCCNC(=O)CCn2c(=O)[nH]c(=O)c3ccccc32)cc1. The molecule has 0 unspecified atom stereocenters. The number of para-hydroxylation sites is 1. The number of thioether (sulfide) groups is 1. The molecule has 6 nitrogen and oxygen atoms in total. The highest BCUT2D eigenvalue weighted by atomic mass is 32.2. The predicted octanol–water partition coefficient (Wildman–Crippen LogP) is 2.44. The zero-order chi connectivity index (χ0) is 19.9. The number of carbonyl (C=O) groups is 1. The number of aromatic nitrogens is 2. The van der Waals surface area contributed by atoms with Crippen LogP contribution >= 0.6 is 11.8 Å². The molecule has 0 saturated heterocycles. The normalized spacial score (nSPS) is 10.9. The van der Waals surface area contributed by atoms with Gasteiger partial charge in [-0.2, -0.15) is 11.8 Å². The van der Waals surface area contributed by atoms with Crippen LogP contribution in [0.2, 0.25) is 0 Å². The third-order valence-corrected chi connectivity index (χ3v) is 5.46. The molecule has 3 rings (SSSR count). The first-order valence-electron chi connectivity index (χ1n) is 9.16. The fraction of sp³-hybridized carbons (Fsp3) is 0.286. The maximum Gasteiger partial charge on any atom is 0.328 e. The van der Waals surface area contributed by atoms with Gasteiger partial charge in [-0.3, -0.25) is 19.1 Å². The van der Waals surface area contributed by atoms with Crippen molar-refractivity contribution in [2.75, 3.05) is 12.3 Å². The Labute approximate surface area is 167 Å². The molecular formula is C21H23N3O3S. The first kappa shape index (κ1) is 19.9. The Kier molecular flexibility index (Phi) is 6.71. The van der Waals surface area contributed by atoms with E-state index in [9.17, 15) is 14.4 Å². The van der Waals surface area contributed by atoms with Crippen molar-refractivity contribution in [2.45, 2.75) is 25.6 Å². The lowest BCUT2D eigenvalue weighted by atomic mass is 10.2. The molecule has 28 heavy (non-hydrogen) atoms. The molecule has 0 atom stereocenters. The number of fused-ring (bicyclic) bond motifs is 1. The van der Waals surface area contributed by atoms with Gasteiger partial charge in [-0.05, 0) is 24.6 Å².